The maximum Gasteiger partial charge on any atom is 0.257 e. The number of para-hydroxylation sites is 1. The molecule has 3 aromatic carbocycles. The summed E-state index contributed by atoms with van der Waals surface area (Å²) in [4.78, 5) is 39.6. The van der Waals surface area contributed by atoms with Crippen molar-refractivity contribution in [1.29, 1.82) is 0 Å². The van der Waals surface area contributed by atoms with Crippen LogP contribution in [0.15, 0.2) is 77.7 Å². The molecule has 156 valence electrons. The van der Waals surface area contributed by atoms with Gasteiger partial charge in [-0.3, -0.25) is 14.4 Å². The molecule has 1 unspecified atom stereocenters. The van der Waals surface area contributed by atoms with Crippen molar-refractivity contribution in [3.05, 3.63) is 88.4 Å². The van der Waals surface area contributed by atoms with Gasteiger partial charge >= 0.3 is 0 Å². The summed E-state index contributed by atoms with van der Waals surface area (Å²) in [6.45, 7) is 0. The van der Waals surface area contributed by atoms with Crippen molar-refractivity contribution in [2.75, 3.05) is 10.2 Å². The lowest BCUT2D eigenvalue weighted by molar-refractivity contribution is -0.121. The fourth-order valence-corrected chi connectivity index (χ4v) is 4.75. The van der Waals surface area contributed by atoms with E-state index in [-0.39, 0.29) is 29.2 Å². The molecule has 0 saturated carbocycles. The zero-order valence-electron chi connectivity index (χ0n) is 16.0. The third kappa shape index (κ3) is 4.77. The molecule has 1 saturated heterocycles. The fraction of sp³-hybridized carbons (Fsp3) is 0.0870. The second-order valence-electron chi connectivity index (χ2n) is 6.82. The molecule has 1 fully saturated rings. The van der Waals surface area contributed by atoms with Gasteiger partial charge in [0.15, 0.2) is 0 Å². The number of nitrogens with one attached hydrogen (secondary N) is 1. The van der Waals surface area contributed by atoms with Gasteiger partial charge in [-0.1, -0.05) is 41.4 Å². The number of nitrogens with zero attached hydrogens (tertiary/aromatic N) is 1. The van der Waals surface area contributed by atoms with Crippen LogP contribution in [0.5, 0.6) is 0 Å². The lowest BCUT2D eigenvalue weighted by Crippen LogP contribution is -2.30. The summed E-state index contributed by atoms with van der Waals surface area (Å²) in [5, 5.41) is 3.01. The number of amides is 3. The van der Waals surface area contributed by atoms with Gasteiger partial charge in [0.2, 0.25) is 11.8 Å². The van der Waals surface area contributed by atoms with Crippen LogP contribution in [-0.2, 0) is 9.59 Å². The Bertz CT molecular complexity index is 1150. The highest BCUT2D eigenvalue weighted by molar-refractivity contribution is 8.00. The average Bonchev–Trinajstić information content (AvgIpc) is 3.03. The predicted octanol–water partition coefficient (Wildman–Crippen LogP) is 5.67. The molecule has 0 aromatic heterocycles. The molecular formula is C23H16Cl2N2O3S. The van der Waals surface area contributed by atoms with E-state index < -0.39 is 5.25 Å². The largest absolute Gasteiger partial charge is 0.322 e. The first-order valence-electron chi connectivity index (χ1n) is 9.37. The van der Waals surface area contributed by atoms with Gasteiger partial charge in [-0.15, -0.1) is 11.8 Å². The van der Waals surface area contributed by atoms with Gasteiger partial charge in [-0.05, 0) is 54.6 Å². The molecule has 3 amide bonds. The zero-order valence-corrected chi connectivity index (χ0v) is 18.4. The van der Waals surface area contributed by atoms with Gasteiger partial charge in [0.05, 0.1) is 21.5 Å². The molecule has 1 N–H and O–H groups in total. The second-order valence-corrected chi connectivity index (χ2v) is 8.94. The van der Waals surface area contributed by atoms with Crippen molar-refractivity contribution in [1.82, 2.24) is 0 Å². The summed E-state index contributed by atoms with van der Waals surface area (Å²) in [5.74, 6) is -0.787. The Morgan fingerprint density at radius 3 is 2.35 bits per heavy atom. The number of carbonyl (C=O) groups is 3. The van der Waals surface area contributed by atoms with Crippen LogP contribution in [0.2, 0.25) is 10.0 Å². The van der Waals surface area contributed by atoms with E-state index in [1.165, 1.54) is 22.7 Å². The minimum atomic E-state index is -0.485. The first-order chi connectivity index (χ1) is 14.9. The number of rotatable bonds is 5. The van der Waals surface area contributed by atoms with Gasteiger partial charge in [-0.2, -0.15) is 0 Å². The van der Waals surface area contributed by atoms with Gasteiger partial charge in [0.25, 0.3) is 5.91 Å². The highest BCUT2D eigenvalue weighted by atomic mass is 35.5. The normalized spacial score (nSPS) is 15.9. The van der Waals surface area contributed by atoms with Gasteiger partial charge in [-0.25, -0.2) is 4.90 Å². The highest BCUT2D eigenvalue weighted by Gasteiger charge is 2.40. The van der Waals surface area contributed by atoms with Gasteiger partial charge in [0, 0.05) is 22.0 Å². The maximum atomic E-state index is 12.8. The van der Waals surface area contributed by atoms with Crippen molar-refractivity contribution < 1.29 is 14.4 Å². The molecule has 4 rings (SSSR count). The Kier molecular flexibility index (Phi) is 6.32. The summed E-state index contributed by atoms with van der Waals surface area (Å²) in [7, 11) is 0. The van der Waals surface area contributed by atoms with Crippen LogP contribution in [0.3, 0.4) is 0 Å². The molecular weight excluding hydrogens is 455 g/mol. The maximum absolute atomic E-state index is 12.8. The Morgan fingerprint density at radius 1 is 0.968 bits per heavy atom. The molecule has 8 heteroatoms. The predicted molar refractivity (Wildman–Crippen MR) is 124 cm³/mol. The summed E-state index contributed by atoms with van der Waals surface area (Å²) in [6.07, 6.45) is 0.145. The minimum Gasteiger partial charge on any atom is -0.322 e. The van der Waals surface area contributed by atoms with Crippen LogP contribution >= 0.6 is 35.0 Å². The highest BCUT2D eigenvalue weighted by Crippen LogP contribution is 2.34. The number of hydrogen-bond donors (Lipinski definition) is 1. The molecule has 1 aliphatic heterocycles. The second kappa shape index (κ2) is 9.14. The van der Waals surface area contributed by atoms with Crippen molar-refractivity contribution in [3.63, 3.8) is 0 Å². The van der Waals surface area contributed by atoms with Gasteiger partial charge < -0.3 is 5.32 Å². The van der Waals surface area contributed by atoms with Crippen LogP contribution in [0.1, 0.15) is 16.8 Å². The van der Waals surface area contributed by atoms with Crippen molar-refractivity contribution in [3.8, 4) is 0 Å². The Balaban J connectivity index is 1.41. The third-order valence-electron chi connectivity index (χ3n) is 4.69. The van der Waals surface area contributed by atoms with Gasteiger partial charge in [0.1, 0.15) is 0 Å². The molecule has 0 bridgehead atoms. The van der Waals surface area contributed by atoms with Crippen molar-refractivity contribution >= 4 is 64.1 Å². The first kappa shape index (κ1) is 21.4. The summed E-state index contributed by atoms with van der Waals surface area (Å²) in [5.41, 5.74) is 1.49. The molecule has 1 heterocycles. The van der Waals surface area contributed by atoms with E-state index in [0.717, 1.165) is 4.90 Å². The summed E-state index contributed by atoms with van der Waals surface area (Å²) in [6, 6.07) is 20.6. The lowest BCUT2D eigenvalue weighted by Gasteiger charge is -2.14. The SMILES string of the molecule is O=C(Nc1ccc(SC2CC(=O)N(c3ccccc3)C2=O)cc1)c1ccc(Cl)cc1Cl. The molecule has 0 aliphatic carbocycles. The fourth-order valence-electron chi connectivity index (χ4n) is 3.20. The smallest absolute Gasteiger partial charge is 0.257 e. The van der Waals surface area contributed by atoms with E-state index in [4.69, 9.17) is 23.2 Å². The summed E-state index contributed by atoms with van der Waals surface area (Å²) >= 11 is 13.3. The Hall–Kier alpha value is -2.80. The summed E-state index contributed by atoms with van der Waals surface area (Å²) < 4.78 is 0. The van der Waals surface area contributed by atoms with E-state index in [1.54, 1.807) is 60.7 Å². The van der Waals surface area contributed by atoms with Crippen molar-refractivity contribution in [2.24, 2.45) is 0 Å². The standard InChI is InChI=1S/C23H16Cl2N2O3S/c24-14-6-11-18(19(25)12-14)22(29)26-15-7-9-17(10-8-15)31-20-13-21(28)27(23(20)30)16-4-2-1-3-5-16/h1-12,20H,13H2,(H,26,29). The Labute approximate surface area is 193 Å². The molecule has 0 spiro atoms. The van der Waals surface area contributed by atoms with E-state index in [9.17, 15) is 14.4 Å². The van der Waals surface area contributed by atoms with Crippen LogP contribution in [0, 0.1) is 0 Å². The molecule has 3 aromatic rings. The van der Waals surface area contributed by atoms with Crippen LogP contribution in [0.25, 0.3) is 0 Å². The topological polar surface area (TPSA) is 66.5 Å². The van der Waals surface area contributed by atoms with E-state index in [1.807, 2.05) is 6.07 Å². The lowest BCUT2D eigenvalue weighted by atomic mass is 10.2. The quantitative estimate of drug-likeness (QED) is 0.487. The Morgan fingerprint density at radius 2 is 1.68 bits per heavy atom. The third-order valence-corrected chi connectivity index (χ3v) is 6.43. The molecule has 0 radical (unpaired) electrons. The average molecular weight is 471 g/mol. The molecule has 1 atom stereocenters. The number of hydrogen-bond acceptors (Lipinski definition) is 4. The van der Waals surface area contributed by atoms with Crippen LogP contribution < -0.4 is 10.2 Å². The first-order valence-corrected chi connectivity index (χ1v) is 11.0. The molecule has 5 nitrogen and oxygen atoms in total. The number of carbonyl (C=O) groups excluding carboxylic acids is 3. The molecule has 1 aliphatic rings. The monoisotopic (exact) mass is 470 g/mol. The number of benzene rings is 3. The van der Waals surface area contributed by atoms with E-state index in [2.05, 4.69) is 5.32 Å². The zero-order chi connectivity index (χ0) is 22.0. The minimum absolute atomic E-state index is 0.145. The number of thioether (sulfide) groups is 1. The molecule has 31 heavy (non-hydrogen) atoms. The number of anilines is 2. The van der Waals surface area contributed by atoms with Crippen molar-refractivity contribution in [2.45, 2.75) is 16.6 Å². The van der Waals surface area contributed by atoms with Crippen LogP contribution in [0.4, 0.5) is 11.4 Å². The van der Waals surface area contributed by atoms with E-state index in [0.29, 0.717) is 22.0 Å². The van der Waals surface area contributed by atoms with Crippen LogP contribution in [-0.4, -0.2) is 23.0 Å². The van der Waals surface area contributed by atoms with E-state index >= 15 is 0 Å². The number of halogens is 2. The number of imide groups is 1.